The molecule has 0 saturated carbocycles. The number of aromatic nitrogens is 1. The van der Waals surface area contributed by atoms with Crippen molar-refractivity contribution in [2.24, 2.45) is 0 Å². The molecule has 3 rings (SSSR count). The Morgan fingerprint density at radius 3 is 2.45 bits per heavy atom. The van der Waals surface area contributed by atoms with Crippen LogP contribution in [0.2, 0.25) is 5.02 Å². The van der Waals surface area contributed by atoms with Gasteiger partial charge < -0.3 is 5.32 Å². The van der Waals surface area contributed by atoms with Gasteiger partial charge in [-0.15, -0.1) is 11.3 Å². The molecule has 0 bridgehead atoms. The van der Waals surface area contributed by atoms with Gasteiger partial charge in [-0.2, -0.15) is 0 Å². The van der Waals surface area contributed by atoms with Crippen LogP contribution < -0.4 is 5.32 Å². The van der Waals surface area contributed by atoms with E-state index in [4.69, 9.17) is 11.6 Å². The van der Waals surface area contributed by atoms with E-state index in [1.807, 2.05) is 41.8 Å². The average molecular weight is 445 g/mol. The molecule has 0 unspecified atom stereocenters. The lowest BCUT2D eigenvalue weighted by Gasteiger charge is -2.04. The van der Waals surface area contributed by atoms with Gasteiger partial charge in [0.2, 0.25) is 5.91 Å². The molecule has 1 aromatic heterocycles. The maximum absolute atomic E-state index is 12.3. The number of nitrogens with one attached hydrogen (secondary N) is 1. The minimum atomic E-state index is -0.0890. The topological polar surface area (TPSA) is 59.1 Å². The third-order valence-corrected chi connectivity index (χ3v) is 6.61. The quantitative estimate of drug-likeness (QED) is 0.364. The van der Waals surface area contributed by atoms with Crippen molar-refractivity contribution in [1.82, 2.24) is 10.3 Å². The Morgan fingerprint density at radius 1 is 1.07 bits per heavy atom. The van der Waals surface area contributed by atoms with Crippen LogP contribution in [0.3, 0.4) is 0 Å². The number of carbonyl (C=O) groups is 2. The smallest absolute Gasteiger partial charge is 0.226 e. The first kappa shape index (κ1) is 21.6. The molecule has 0 aliphatic rings. The summed E-state index contributed by atoms with van der Waals surface area (Å²) in [6.45, 7) is 2.54. The molecule has 2 aromatic carbocycles. The number of thioether (sulfide) groups is 1. The Balaban J connectivity index is 1.45. The molecule has 0 spiro atoms. The Labute approximate surface area is 183 Å². The molecule has 3 aromatic rings. The van der Waals surface area contributed by atoms with Crippen LogP contribution in [0.25, 0.3) is 0 Å². The van der Waals surface area contributed by atoms with Gasteiger partial charge in [-0.25, -0.2) is 4.98 Å². The van der Waals surface area contributed by atoms with Gasteiger partial charge in [0.15, 0.2) is 10.1 Å². The van der Waals surface area contributed by atoms with Crippen LogP contribution in [0.15, 0.2) is 58.3 Å². The summed E-state index contributed by atoms with van der Waals surface area (Å²) in [5.74, 6) is 0.324. The summed E-state index contributed by atoms with van der Waals surface area (Å²) in [5, 5.41) is 5.42. The normalized spacial score (nSPS) is 10.7. The van der Waals surface area contributed by atoms with Gasteiger partial charge in [-0.3, -0.25) is 9.59 Å². The second-order valence-electron chi connectivity index (χ2n) is 6.45. The van der Waals surface area contributed by atoms with Crippen molar-refractivity contribution >= 4 is 46.4 Å². The minimum Gasteiger partial charge on any atom is -0.352 e. The largest absolute Gasteiger partial charge is 0.352 e. The predicted molar refractivity (Wildman–Crippen MR) is 120 cm³/mol. The number of carbonyl (C=O) groups excluding carboxylic acids is 2. The molecule has 0 aliphatic carbocycles. The fraction of sp³-hybridized carbons (Fsp3) is 0.227. The molecule has 150 valence electrons. The number of rotatable bonds is 9. The van der Waals surface area contributed by atoms with E-state index in [0.717, 1.165) is 16.3 Å². The van der Waals surface area contributed by atoms with Gasteiger partial charge >= 0.3 is 0 Å². The Morgan fingerprint density at radius 2 is 1.76 bits per heavy atom. The minimum absolute atomic E-state index is 0.0788. The SMILES string of the molecule is CCc1ccc(C(=O)CSc2nc(CC(=O)NCc3ccc(Cl)cc3)cs2)cc1. The van der Waals surface area contributed by atoms with E-state index in [1.54, 1.807) is 12.1 Å². The lowest BCUT2D eigenvalue weighted by Crippen LogP contribution is -2.24. The molecule has 7 heteroatoms. The highest BCUT2D eigenvalue weighted by atomic mass is 35.5. The van der Waals surface area contributed by atoms with Crippen LogP contribution in [0.1, 0.15) is 34.1 Å². The van der Waals surface area contributed by atoms with Crippen molar-refractivity contribution in [1.29, 1.82) is 0 Å². The highest BCUT2D eigenvalue weighted by Gasteiger charge is 2.11. The fourth-order valence-electron chi connectivity index (χ4n) is 2.60. The summed E-state index contributed by atoms with van der Waals surface area (Å²) < 4.78 is 0.795. The molecule has 1 heterocycles. The molecule has 0 aliphatic heterocycles. The maximum Gasteiger partial charge on any atom is 0.226 e. The molecule has 1 N–H and O–H groups in total. The average Bonchev–Trinajstić information content (AvgIpc) is 3.19. The number of ketones is 1. The molecular formula is C22H21ClN2O2S2. The van der Waals surface area contributed by atoms with E-state index < -0.39 is 0 Å². The highest BCUT2D eigenvalue weighted by molar-refractivity contribution is 8.01. The van der Waals surface area contributed by atoms with Gasteiger partial charge in [0.25, 0.3) is 0 Å². The first-order chi connectivity index (χ1) is 14.0. The van der Waals surface area contributed by atoms with Crippen molar-refractivity contribution in [3.63, 3.8) is 0 Å². The molecular weight excluding hydrogens is 424 g/mol. The summed E-state index contributed by atoms with van der Waals surface area (Å²) in [6, 6.07) is 15.1. The van der Waals surface area contributed by atoms with Gasteiger partial charge in [0.1, 0.15) is 0 Å². The molecule has 0 saturated heterocycles. The molecule has 29 heavy (non-hydrogen) atoms. The van der Waals surface area contributed by atoms with E-state index in [2.05, 4.69) is 17.2 Å². The van der Waals surface area contributed by atoms with Crippen LogP contribution in [0.4, 0.5) is 0 Å². The monoisotopic (exact) mass is 444 g/mol. The number of benzene rings is 2. The van der Waals surface area contributed by atoms with Gasteiger partial charge in [0, 0.05) is 22.5 Å². The Kier molecular flexibility index (Phi) is 7.86. The zero-order valence-electron chi connectivity index (χ0n) is 16.0. The van der Waals surface area contributed by atoms with Crippen LogP contribution in [0, 0.1) is 0 Å². The fourth-order valence-corrected chi connectivity index (χ4v) is 4.47. The zero-order valence-corrected chi connectivity index (χ0v) is 18.4. The second kappa shape index (κ2) is 10.6. The number of thiazole rings is 1. The summed E-state index contributed by atoms with van der Waals surface area (Å²) in [5.41, 5.74) is 3.63. The zero-order chi connectivity index (χ0) is 20.6. The van der Waals surface area contributed by atoms with Crippen LogP contribution in [-0.2, 0) is 24.2 Å². The maximum atomic E-state index is 12.3. The lowest BCUT2D eigenvalue weighted by molar-refractivity contribution is -0.120. The van der Waals surface area contributed by atoms with E-state index in [9.17, 15) is 9.59 Å². The first-order valence-electron chi connectivity index (χ1n) is 9.24. The molecule has 0 atom stereocenters. The van der Waals surface area contributed by atoms with Crippen LogP contribution in [0.5, 0.6) is 0 Å². The van der Waals surface area contributed by atoms with Crippen molar-refractivity contribution in [2.75, 3.05) is 5.75 Å². The Bertz CT molecular complexity index is 969. The summed E-state index contributed by atoms with van der Waals surface area (Å²) >= 11 is 8.72. The number of amides is 1. The van der Waals surface area contributed by atoms with E-state index >= 15 is 0 Å². The van der Waals surface area contributed by atoms with Gasteiger partial charge in [0.05, 0.1) is 17.9 Å². The number of hydrogen-bond donors (Lipinski definition) is 1. The van der Waals surface area contributed by atoms with Crippen molar-refractivity contribution in [3.05, 3.63) is 81.3 Å². The van der Waals surface area contributed by atoms with E-state index in [1.165, 1.54) is 28.7 Å². The summed E-state index contributed by atoms with van der Waals surface area (Å²) in [7, 11) is 0. The highest BCUT2D eigenvalue weighted by Crippen LogP contribution is 2.24. The van der Waals surface area contributed by atoms with Crippen LogP contribution >= 0.6 is 34.7 Å². The number of nitrogens with zero attached hydrogens (tertiary/aromatic N) is 1. The molecule has 0 fully saturated rings. The molecule has 0 radical (unpaired) electrons. The van der Waals surface area contributed by atoms with E-state index in [-0.39, 0.29) is 18.1 Å². The summed E-state index contributed by atoms with van der Waals surface area (Å²) in [4.78, 5) is 28.9. The summed E-state index contributed by atoms with van der Waals surface area (Å²) in [6.07, 6.45) is 1.18. The number of halogens is 1. The number of Topliss-reactive ketones (excluding diaryl/α,β-unsaturated/α-hetero) is 1. The second-order valence-corrected chi connectivity index (χ2v) is 8.96. The third kappa shape index (κ3) is 6.70. The van der Waals surface area contributed by atoms with Gasteiger partial charge in [-0.05, 0) is 29.7 Å². The van der Waals surface area contributed by atoms with Crippen LogP contribution in [-0.4, -0.2) is 22.4 Å². The predicted octanol–water partition coefficient (Wildman–Crippen LogP) is 5.19. The standard InChI is InChI=1S/C22H21ClN2O2S2/c1-2-15-3-7-17(8-4-15)20(26)14-29-22-25-19(13-28-22)11-21(27)24-12-16-5-9-18(23)10-6-16/h3-10,13H,2,11-12,14H2,1H3,(H,24,27). The number of hydrogen-bond acceptors (Lipinski definition) is 5. The van der Waals surface area contributed by atoms with E-state index in [0.29, 0.717) is 28.6 Å². The van der Waals surface area contributed by atoms with Crippen molar-refractivity contribution in [2.45, 2.75) is 30.6 Å². The molecule has 1 amide bonds. The first-order valence-corrected chi connectivity index (χ1v) is 11.5. The van der Waals surface area contributed by atoms with Gasteiger partial charge in [-0.1, -0.05) is 66.7 Å². The van der Waals surface area contributed by atoms with Crippen molar-refractivity contribution in [3.8, 4) is 0 Å². The van der Waals surface area contributed by atoms with Crippen molar-refractivity contribution < 1.29 is 9.59 Å². The lowest BCUT2D eigenvalue weighted by atomic mass is 10.1. The number of aryl methyl sites for hydroxylation is 1. The Hall–Kier alpha value is -2.15. The molecule has 4 nitrogen and oxygen atoms in total. The third-order valence-electron chi connectivity index (χ3n) is 4.29.